The van der Waals surface area contributed by atoms with Crippen LogP contribution >= 0.6 is 11.3 Å². The van der Waals surface area contributed by atoms with Crippen molar-refractivity contribution >= 4 is 17.3 Å². The smallest absolute Gasteiger partial charge is 0.322 e. The highest BCUT2D eigenvalue weighted by atomic mass is 32.1. The summed E-state index contributed by atoms with van der Waals surface area (Å²) in [5.74, 6) is -1.02. The standard InChI is InChI=1S/C10H15NO3S/c11-9(10(12)13)6-14-4-1-2-8-3-5-15-7-8/h3,5,7,9H,1-2,4,6,11H2,(H,12,13)/t9-/m1/s1. The molecular formula is C10H15NO3S. The van der Waals surface area contributed by atoms with Crippen LogP contribution in [0.2, 0.25) is 0 Å². The maximum atomic E-state index is 10.3. The second-order valence-electron chi connectivity index (χ2n) is 3.25. The van der Waals surface area contributed by atoms with Gasteiger partial charge in [0.2, 0.25) is 0 Å². The van der Waals surface area contributed by atoms with E-state index in [-0.39, 0.29) is 6.61 Å². The summed E-state index contributed by atoms with van der Waals surface area (Å²) in [7, 11) is 0. The molecule has 1 rings (SSSR count). The summed E-state index contributed by atoms with van der Waals surface area (Å²) in [6, 6.07) is 1.17. The molecule has 0 saturated carbocycles. The summed E-state index contributed by atoms with van der Waals surface area (Å²) in [6.07, 6.45) is 1.86. The van der Waals surface area contributed by atoms with Gasteiger partial charge in [-0.2, -0.15) is 11.3 Å². The zero-order chi connectivity index (χ0) is 11.1. The van der Waals surface area contributed by atoms with Gasteiger partial charge in [0, 0.05) is 6.61 Å². The van der Waals surface area contributed by atoms with E-state index >= 15 is 0 Å². The Morgan fingerprint density at radius 1 is 1.67 bits per heavy atom. The molecule has 3 N–H and O–H groups in total. The molecule has 1 heterocycles. The second-order valence-corrected chi connectivity index (χ2v) is 4.03. The number of thiophene rings is 1. The molecule has 15 heavy (non-hydrogen) atoms. The van der Waals surface area contributed by atoms with Gasteiger partial charge in [-0.25, -0.2) is 0 Å². The van der Waals surface area contributed by atoms with Crippen LogP contribution in [0.3, 0.4) is 0 Å². The zero-order valence-electron chi connectivity index (χ0n) is 8.39. The van der Waals surface area contributed by atoms with Crippen molar-refractivity contribution in [3.05, 3.63) is 22.4 Å². The topological polar surface area (TPSA) is 72.5 Å². The van der Waals surface area contributed by atoms with Gasteiger partial charge in [-0.3, -0.25) is 4.79 Å². The van der Waals surface area contributed by atoms with Gasteiger partial charge in [0.1, 0.15) is 6.04 Å². The van der Waals surface area contributed by atoms with Crippen molar-refractivity contribution in [2.75, 3.05) is 13.2 Å². The fourth-order valence-electron chi connectivity index (χ4n) is 1.09. The maximum Gasteiger partial charge on any atom is 0.322 e. The van der Waals surface area contributed by atoms with Gasteiger partial charge in [-0.1, -0.05) is 0 Å². The molecule has 1 aromatic rings. The average Bonchev–Trinajstić information content (AvgIpc) is 2.69. The number of hydrogen-bond acceptors (Lipinski definition) is 4. The van der Waals surface area contributed by atoms with Gasteiger partial charge < -0.3 is 15.6 Å². The van der Waals surface area contributed by atoms with Crippen LogP contribution in [-0.4, -0.2) is 30.3 Å². The monoisotopic (exact) mass is 229 g/mol. The molecule has 0 radical (unpaired) electrons. The largest absolute Gasteiger partial charge is 0.480 e. The Bertz CT molecular complexity index is 287. The Morgan fingerprint density at radius 3 is 3.07 bits per heavy atom. The number of ether oxygens (including phenoxy) is 1. The van der Waals surface area contributed by atoms with Gasteiger partial charge in [0.25, 0.3) is 0 Å². The first-order valence-corrected chi connectivity index (χ1v) is 5.71. The van der Waals surface area contributed by atoms with Crippen LogP contribution in [0.15, 0.2) is 16.8 Å². The van der Waals surface area contributed by atoms with E-state index in [0.717, 1.165) is 12.8 Å². The van der Waals surface area contributed by atoms with Crippen molar-refractivity contribution in [2.45, 2.75) is 18.9 Å². The summed E-state index contributed by atoms with van der Waals surface area (Å²) in [4.78, 5) is 10.3. The molecule has 1 atom stereocenters. The number of aryl methyl sites for hydroxylation is 1. The number of nitrogens with two attached hydrogens (primary N) is 1. The third-order valence-electron chi connectivity index (χ3n) is 1.95. The fraction of sp³-hybridized carbons (Fsp3) is 0.500. The van der Waals surface area contributed by atoms with E-state index < -0.39 is 12.0 Å². The Kier molecular flexibility index (Phi) is 5.31. The first-order chi connectivity index (χ1) is 7.20. The lowest BCUT2D eigenvalue weighted by molar-refractivity contribution is -0.140. The molecule has 0 aromatic carbocycles. The molecule has 0 aliphatic carbocycles. The minimum atomic E-state index is -1.02. The van der Waals surface area contributed by atoms with Crippen molar-refractivity contribution in [2.24, 2.45) is 5.73 Å². The van der Waals surface area contributed by atoms with Gasteiger partial charge >= 0.3 is 5.97 Å². The van der Waals surface area contributed by atoms with Crippen molar-refractivity contribution in [3.8, 4) is 0 Å². The quantitative estimate of drug-likeness (QED) is 0.687. The van der Waals surface area contributed by atoms with Crippen LogP contribution < -0.4 is 5.73 Å². The lowest BCUT2D eigenvalue weighted by Crippen LogP contribution is -2.35. The molecule has 0 aliphatic heterocycles. The lowest BCUT2D eigenvalue weighted by atomic mass is 10.2. The number of carbonyl (C=O) groups is 1. The maximum absolute atomic E-state index is 10.3. The molecule has 0 aliphatic rings. The molecule has 84 valence electrons. The number of aliphatic carboxylic acids is 1. The molecule has 0 bridgehead atoms. The number of carboxylic acid groups (broad SMARTS) is 1. The van der Waals surface area contributed by atoms with Gasteiger partial charge in [-0.05, 0) is 35.2 Å². The molecule has 0 amide bonds. The molecule has 0 saturated heterocycles. The summed E-state index contributed by atoms with van der Waals surface area (Å²) >= 11 is 1.67. The molecular weight excluding hydrogens is 214 g/mol. The minimum absolute atomic E-state index is 0.0823. The van der Waals surface area contributed by atoms with Crippen LogP contribution in [0.25, 0.3) is 0 Å². The summed E-state index contributed by atoms with van der Waals surface area (Å²) in [5.41, 5.74) is 6.57. The van der Waals surface area contributed by atoms with Crippen LogP contribution in [0.5, 0.6) is 0 Å². The third-order valence-corrected chi connectivity index (χ3v) is 2.68. The zero-order valence-corrected chi connectivity index (χ0v) is 9.20. The molecule has 4 nitrogen and oxygen atoms in total. The average molecular weight is 229 g/mol. The van der Waals surface area contributed by atoms with Crippen molar-refractivity contribution in [1.82, 2.24) is 0 Å². The number of hydrogen-bond donors (Lipinski definition) is 2. The Balaban J connectivity index is 2.00. The first kappa shape index (κ1) is 12.2. The highest BCUT2D eigenvalue weighted by Gasteiger charge is 2.10. The van der Waals surface area contributed by atoms with Gasteiger partial charge in [0.05, 0.1) is 6.61 Å². The summed E-state index contributed by atoms with van der Waals surface area (Å²) in [5, 5.41) is 12.6. The van der Waals surface area contributed by atoms with E-state index in [1.807, 2.05) is 5.38 Å². The first-order valence-electron chi connectivity index (χ1n) is 4.77. The SMILES string of the molecule is N[C@H](COCCCc1ccsc1)C(=O)O. The van der Waals surface area contributed by atoms with Crippen LogP contribution in [0, 0.1) is 0 Å². The van der Waals surface area contributed by atoms with Crippen LogP contribution in [-0.2, 0) is 16.0 Å². The molecule has 0 fully saturated rings. The number of carboxylic acids is 1. The fourth-order valence-corrected chi connectivity index (χ4v) is 1.80. The Hall–Kier alpha value is -0.910. The lowest BCUT2D eigenvalue weighted by Gasteiger charge is -2.06. The third kappa shape index (κ3) is 4.92. The normalized spacial score (nSPS) is 12.6. The van der Waals surface area contributed by atoms with E-state index in [2.05, 4.69) is 11.4 Å². The minimum Gasteiger partial charge on any atom is -0.480 e. The number of rotatable bonds is 7. The van der Waals surface area contributed by atoms with Crippen LogP contribution in [0.4, 0.5) is 0 Å². The van der Waals surface area contributed by atoms with E-state index in [1.54, 1.807) is 11.3 Å². The van der Waals surface area contributed by atoms with E-state index in [1.165, 1.54) is 5.56 Å². The predicted molar refractivity (Wildman–Crippen MR) is 59.1 cm³/mol. The van der Waals surface area contributed by atoms with E-state index in [9.17, 15) is 4.79 Å². The second kappa shape index (κ2) is 6.55. The van der Waals surface area contributed by atoms with Gasteiger partial charge in [-0.15, -0.1) is 0 Å². The van der Waals surface area contributed by atoms with E-state index in [0.29, 0.717) is 6.61 Å². The molecule has 0 unspecified atom stereocenters. The highest BCUT2D eigenvalue weighted by Crippen LogP contribution is 2.08. The summed E-state index contributed by atoms with van der Waals surface area (Å²) < 4.78 is 5.15. The van der Waals surface area contributed by atoms with E-state index in [4.69, 9.17) is 15.6 Å². The molecule has 5 heteroatoms. The van der Waals surface area contributed by atoms with Crippen LogP contribution in [0.1, 0.15) is 12.0 Å². The molecule has 1 aromatic heterocycles. The van der Waals surface area contributed by atoms with Crippen molar-refractivity contribution in [1.29, 1.82) is 0 Å². The highest BCUT2D eigenvalue weighted by molar-refractivity contribution is 7.07. The Morgan fingerprint density at radius 2 is 2.47 bits per heavy atom. The van der Waals surface area contributed by atoms with Gasteiger partial charge in [0.15, 0.2) is 0 Å². The van der Waals surface area contributed by atoms with Crippen molar-refractivity contribution in [3.63, 3.8) is 0 Å². The molecule has 0 spiro atoms. The summed E-state index contributed by atoms with van der Waals surface area (Å²) in [6.45, 7) is 0.635. The Labute approximate surface area is 92.7 Å². The predicted octanol–water partition coefficient (Wildman–Crippen LogP) is 1.11. The van der Waals surface area contributed by atoms with Crippen molar-refractivity contribution < 1.29 is 14.6 Å².